The Morgan fingerprint density at radius 1 is 1.30 bits per heavy atom. The van der Waals surface area contributed by atoms with E-state index in [0.717, 1.165) is 5.69 Å². The number of halogens is 1. The number of rotatable bonds is 7. The minimum absolute atomic E-state index is 0.0906. The number of nitrogens with two attached hydrogens (primary N) is 1. The Morgan fingerprint density at radius 3 is 2.83 bits per heavy atom. The molecule has 0 bridgehead atoms. The van der Waals surface area contributed by atoms with Crippen LogP contribution in [0.1, 0.15) is 19.7 Å². The summed E-state index contributed by atoms with van der Waals surface area (Å²) in [7, 11) is 1.39. The molecule has 0 spiro atoms. The summed E-state index contributed by atoms with van der Waals surface area (Å²) in [6, 6.07) is 2.81. The first-order valence-electron chi connectivity index (χ1n) is 9.40. The first-order chi connectivity index (χ1) is 14.2. The van der Waals surface area contributed by atoms with Gasteiger partial charge in [0.1, 0.15) is 0 Å². The van der Waals surface area contributed by atoms with E-state index in [4.69, 9.17) is 10.5 Å². The van der Waals surface area contributed by atoms with Crippen molar-refractivity contribution in [1.82, 2.24) is 29.4 Å². The van der Waals surface area contributed by atoms with Crippen molar-refractivity contribution in [3.63, 3.8) is 0 Å². The van der Waals surface area contributed by atoms with Crippen LogP contribution in [0.4, 0.5) is 16.0 Å². The summed E-state index contributed by atoms with van der Waals surface area (Å²) in [6.07, 6.45) is 4.02. The fraction of sp³-hybridized carbons (Fsp3) is 0.368. The first kappa shape index (κ1) is 19.8. The molecule has 0 aliphatic heterocycles. The van der Waals surface area contributed by atoms with Gasteiger partial charge in [-0.1, -0.05) is 0 Å². The van der Waals surface area contributed by atoms with E-state index in [9.17, 15) is 9.50 Å². The van der Waals surface area contributed by atoms with Gasteiger partial charge in [-0.3, -0.25) is 4.68 Å². The smallest absolute Gasteiger partial charge is 0.223 e. The van der Waals surface area contributed by atoms with Crippen LogP contribution in [0.3, 0.4) is 0 Å². The standard InChI is InChI=1S/C19H23FN8O2/c1-19(2,29)10-27-9-11(8-23-27)22-5-4-16-25-17-12-6-13(20)15(30-3)7-14(12)24-18(21)28(17)26-16/h6-9,22,29H,4-5,10H2,1-3H3,(H2,21,24). The van der Waals surface area contributed by atoms with Gasteiger partial charge in [-0.25, -0.2) is 14.4 Å². The Labute approximate surface area is 171 Å². The molecular formula is C19H23FN8O2. The minimum atomic E-state index is -0.843. The van der Waals surface area contributed by atoms with Gasteiger partial charge in [-0.2, -0.15) is 9.61 Å². The van der Waals surface area contributed by atoms with E-state index in [1.165, 1.54) is 23.8 Å². The van der Waals surface area contributed by atoms with Crippen molar-refractivity contribution in [2.45, 2.75) is 32.4 Å². The summed E-state index contributed by atoms with van der Waals surface area (Å²) in [5.41, 5.74) is 6.90. The van der Waals surface area contributed by atoms with Gasteiger partial charge in [-0.15, -0.1) is 5.10 Å². The number of ether oxygens (including phenoxy) is 1. The van der Waals surface area contributed by atoms with Crippen LogP contribution in [0.5, 0.6) is 5.75 Å². The SMILES string of the molecule is COc1cc2nc(N)n3nc(CCNc4cnn(CC(C)(C)O)c4)nc3c2cc1F. The lowest BCUT2D eigenvalue weighted by Crippen LogP contribution is -2.26. The molecule has 10 nitrogen and oxygen atoms in total. The van der Waals surface area contributed by atoms with Gasteiger partial charge < -0.3 is 20.9 Å². The fourth-order valence-corrected chi connectivity index (χ4v) is 3.19. The summed E-state index contributed by atoms with van der Waals surface area (Å²) in [4.78, 5) is 8.78. The minimum Gasteiger partial charge on any atom is -0.494 e. The number of aromatic nitrogens is 6. The zero-order chi connectivity index (χ0) is 21.5. The summed E-state index contributed by atoms with van der Waals surface area (Å²) >= 11 is 0. The third kappa shape index (κ3) is 3.96. The third-order valence-electron chi connectivity index (χ3n) is 4.47. The van der Waals surface area contributed by atoms with E-state index in [1.54, 1.807) is 24.7 Å². The first-order valence-corrected chi connectivity index (χ1v) is 9.40. The van der Waals surface area contributed by atoms with Crippen LogP contribution < -0.4 is 15.8 Å². The predicted molar refractivity (Wildman–Crippen MR) is 110 cm³/mol. The van der Waals surface area contributed by atoms with E-state index in [2.05, 4.69) is 25.5 Å². The Morgan fingerprint density at radius 2 is 2.10 bits per heavy atom. The number of hydrogen-bond acceptors (Lipinski definition) is 8. The maximum absolute atomic E-state index is 14.2. The van der Waals surface area contributed by atoms with Crippen LogP contribution in [-0.2, 0) is 13.0 Å². The maximum atomic E-state index is 14.2. The number of benzene rings is 1. The highest BCUT2D eigenvalue weighted by Crippen LogP contribution is 2.27. The lowest BCUT2D eigenvalue weighted by molar-refractivity contribution is 0.0578. The molecule has 3 heterocycles. The molecule has 0 radical (unpaired) electrons. The fourth-order valence-electron chi connectivity index (χ4n) is 3.19. The molecule has 11 heteroatoms. The Balaban J connectivity index is 1.52. The van der Waals surface area contributed by atoms with Crippen LogP contribution in [0.25, 0.3) is 16.6 Å². The van der Waals surface area contributed by atoms with Crippen molar-refractivity contribution >= 4 is 28.2 Å². The van der Waals surface area contributed by atoms with Gasteiger partial charge in [0.15, 0.2) is 23.0 Å². The topological polar surface area (TPSA) is 128 Å². The zero-order valence-electron chi connectivity index (χ0n) is 16.9. The second-order valence-electron chi connectivity index (χ2n) is 7.65. The molecule has 4 rings (SSSR count). The average Bonchev–Trinajstić information content (AvgIpc) is 3.28. The number of nitrogen functional groups attached to an aromatic ring is 1. The van der Waals surface area contributed by atoms with Crippen molar-refractivity contribution in [3.8, 4) is 5.75 Å². The van der Waals surface area contributed by atoms with Gasteiger partial charge in [-0.05, 0) is 19.9 Å². The van der Waals surface area contributed by atoms with Crippen molar-refractivity contribution in [2.75, 3.05) is 24.7 Å². The Bertz CT molecular complexity index is 1210. The number of fused-ring (bicyclic) bond motifs is 3. The zero-order valence-corrected chi connectivity index (χ0v) is 16.9. The second-order valence-corrected chi connectivity index (χ2v) is 7.65. The van der Waals surface area contributed by atoms with E-state index in [0.29, 0.717) is 41.9 Å². The normalized spacial score (nSPS) is 12.0. The molecule has 0 unspecified atom stereocenters. The maximum Gasteiger partial charge on any atom is 0.223 e. The van der Waals surface area contributed by atoms with Crippen molar-refractivity contribution < 1.29 is 14.2 Å². The molecule has 158 valence electrons. The van der Waals surface area contributed by atoms with Crippen LogP contribution in [0, 0.1) is 5.82 Å². The van der Waals surface area contributed by atoms with Gasteiger partial charge in [0.25, 0.3) is 0 Å². The van der Waals surface area contributed by atoms with E-state index in [-0.39, 0.29) is 11.7 Å². The Kier molecular flexibility index (Phi) is 4.90. The molecule has 30 heavy (non-hydrogen) atoms. The molecule has 4 N–H and O–H groups in total. The van der Waals surface area contributed by atoms with Gasteiger partial charge in [0.05, 0.1) is 36.7 Å². The molecule has 0 saturated heterocycles. The number of anilines is 2. The van der Waals surface area contributed by atoms with Gasteiger partial charge >= 0.3 is 0 Å². The van der Waals surface area contributed by atoms with Crippen LogP contribution in [0.2, 0.25) is 0 Å². The van der Waals surface area contributed by atoms with E-state index in [1.807, 2.05) is 6.20 Å². The molecule has 3 aromatic heterocycles. The van der Waals surface area contributed by atoms with Gasteiger partial charge in [0.2, 0.25) is 5.95 Å². The van der Waals surface area contributed by atoms with Crippen LogP contribution in [0.15, 0.2) is 24.5 Å². The molecule has 0 saturated carbocycles. The highest BCUT2D eigenvalue weighted by molar-refractivity contribution is 5.93. The predicted octanol–water partition coefficient (Wildman–Crippen LogP) is 1.63. The van der Waals surface area contributed by atoms with Crippen molar-refractivity contribution in [1.29, 1.82) is 0 Å². The average molecular weight is 414 g/mol. The molecular weight excluding hydrogens is 391 g/mol. The molecule has 4 aromatic rings. The van der Waals surface area contributed by atoms with E-state index < -0.39 is 11.4 Å². The molecule has 0 aliphatic carbocycles. The molecule has 0 fully saturated rings. The van der Waals surface area contributed by atoms with Crippen LogP contribution in [-0.4, -0.2) is 53.7 Å². The lowest BCUT2D eigenvalue weighted by Gasteiger charge is -2.16. The number of hydrogen-bond donors (Lipinski definition) is 3. The number of methoxy groups -OCH3 is 1. The molecule has 0 atom stereocenters. The largest absolute Gasteiger partial charge is 0.494 e. The second kappa shape index (κ2) is 7.41. The summed E-state index contributed by atoms with van der Waals surface area (Å²) in [5, 5.41) is 22.2. The van der Waals surface area contributed by atoms with Gasteiger partial charge in [0, 0.05) is 30.6 Å². The third-order valence-corrected chi connectivity index (χ3v) is 4.47. The summed E-state index contributed by atoms with van der Waals surface area (Å²) < 4.78 is 22.3. The molecule has 1 aromatic carbocycles. The van der Waals surface area contributed by atoms with Crippen molar-refractivity contribution in [3.05, 3.63) is 36.2 Å². The lowest BCUT2D eigenvalue weighted by atomic mass is 10.1. The quantitative estimate of drug-likeness (QED) is 0.416. The molecule has 0 amide bonds. The highest BCUT2D eigenvalue weighted by Gasteiger charge is 2.16. The van der Waals surface area contributed by atoms with E-state index >= 15 is 0 Å². The number of nitrogens with zero attached hydrogens (tertiary/aromatic N) is 6. The summed E-state index contributed by atoms with van der Waals surface area (Å²) in [6.45, 7) is 4.40. The molecule has 0 aliphatic rings. The van der Waals surface area contributed by atoms with Crippen LogP contribution >= 0.6 is 0 Å². The van der Waals surface area contributed by atoms with Crippen molar-refractivity contribution in [2.24, 2.45) is 0 Å². The Hall–Kier alpha value is -3.47. The summed E-state index contributed by atoms with van der Waals surface area (Å²) in [5.74, 6) is 0.287. The highest BCUT2D eigenvalue weighted by atomic mass is 19.1. The number of aliphatic hydroxyl groups is 1. The monoisotopic (exact) mass is 414 g/mol. The number of nitrogens with one attached hydrogen (secondary N) is 1.